The summed E-state index contributed by atoms with van der Waals surface area (Å²) >= 11 is 0. The van der Waals surface area contributed by atoms with Gasteiger partial charge in [-0.05, 0) is 225 Å². The molecule has 0 unspecified atom stereocenters. The minimum atomic E-state index is -0.374. The second-order valence-electron chi connectivity index (χ2n) is 25.0. The van der Waals surface area contributed by atoms with Gasteiger partial charge < -0.3 is 49.6 Å². The molecule has 0 aliphatic rings. The Bertz CT molecular complexity index is 2860. The van der Waals surface area contributed by atoms with Crippen LogP contribution in [0.5, 0.6) is 0 Å². The third-order valence-corrected chi connectivity index (χ3v) is 11.8. The van der Waals surface area contributed by atoms with Crippen LogP contribution in [0.3, 0.4) is 0 Å². The number of hydrogen-bond acceptors (Lipinski definition) is 11. The molecule has 21 nitrogen and oxygen atoms in total. The summed E-state index contributed by atoms with van der Waals surface area (Å²) in [5.74, 6) is 2.42. The summed E-state index contributed by atoms with van der Waals surface area (Å²) in [6.45, 7) is 55.4. The number of nitrogens with zero attached hydrogens (tertiary/aromatic N) is 13. The lowest BCUT2D eigenvalue weighted by molar-refractivity contribution is -0.394. The van der Waals surface area contributed by atoms with Gasteiger partial charge in [-0.3, -0.25) is 0 Å². The fraction of sp³-hybridized carbons (Fsp3) is 0.618. The highest BCUT2D eigenvalue weighted by atomic mass is 16.6. The fourth-order valence-corrected chi connectivity index (χ4v) is 8.84. The van der Waals surface area contributed by atoms with Crippen LogP contribution < -0.4 is 0 Å². The molecule has 6 heterocycles. The van der Waals surface area contributed by atoms with Crippen LogP contribution in [0.2, 0.25) is 0 Å². The van der Waals surface area contributed by atoms with Crippen molar-refractivity contribution in [2.75, 3.05) is 0 Å². The molecule has 0 aliphatic carbocycles. The zero-order valence-corrected chi connectivity index (χ0v) is 51.1. The summed E-state index contributed by atoms with van der Waals surface area (Å²) in [7, 11) is 0. The average molecular weight is 1060 g/mol. The molecule has 0 spiro atoms. The van der Waals surface area contributed by atoms with Crippen LogP contribution >= 0.6 is 0 Å². The van der Waals surface area contributed by atoms with E-state index < -0.39 is 0 Å². The number of hydrogen-bond donors (Lipinski definition) is 0. The summed E-state index contributed by atoms with van der Waals surface area (Å²) in [5.41, 5.74) is 6.51. The van der Waals surface area contributed by atoms with Crippen LogP contribution in [0.25, 0.3) is 0 Å². The molecule has 0 aromatic carbocycles. The minimum Gasteiger partial charge on any atom is -0.358 e. The van der Waals surface area contributed by atoms with Crippen LogP contribution in [0.4, 0.5) is 23.3 Å². The summed E-state index contributed by atoms with van der Waals surface area (Å²) in [6.07, 6.45) is 5.76. The number of rotatable bonds is 4. The summed E-state index contributed by atoms with van der Waals surface area (Å²) < 4.78 is 11.2. The van der Waals surface area contributed by atoms with E-state index in [1.807, 2.05) is 130 Å². The van der Waals surface area contributed by atoms with Gasteiger partial charge in [-0.1, -0.05) is 0 Å². The molecule has 6 rings (SSSR count). The number of aryl methyl sites for hydroxylation is 9. The second kappa shape index (κ2) is 24.8. The smallest absolute Gasteiger partial charge is 0.346 e. The molecule has 6 aromatic rings. The first-order valence-corrected chi connectivity index (χ1v) is 25.3. The first-order valence-electron chi connectivity index (χ1n) is 25.3. The molecular weight excluding hydrogens is 971 g/mol. The lowest BCUT2D eigenvalue weighted by atomic mass is 10.1. The Hall–Kier alpha value is -6.93. The van der Waals surface area contributed by atoms with E-state index in [1.165, 1.54) is 5.69 Å². The third kappa shape index (κ3) is 17.9. The van der Waals surface area contributed by atoms with Crippen molar-refractivity contribution >= 4 is 23.3 Å². The SMILES string of the molecule is Cc1cc(C)n(C(C)(C)C)c1[N+](=O)[O-].Cc1ccc([N+](=O)[O-])n1C(C)(C)C.Cc1ccn(C(C)(C)C)c1[N+](=O)[O-].Cc1cn(C(C)(C)C)c(C)n1.Cc1nc(C)n(C(C)(C)C)c1[N+](=O)[O-].Cc1ncn(C(C)(C)C)c1C. The maximum Gasteiger partial charge on any atom is 0.346 e. The Kier molecular flexibility index (Phi) is 21.9. The van der Waals surface area contributed by atoms with Crippen LogP contribution in [0.1, 0.15) is 182 Å². The average Bonchev–Trinajstić information content (AvgIpc) is 4.06. The van der Waals surface area contributed by atoms with E-state index in [0.29, 0.717) is 17.1 Å². The molecule has 0 bridgehead atoms. The lowest BCUT2D eigenvalue weighted by Gasteiger charge is -2.22. The topological polar surface area (TPSA) is 241 Å². The Balaban J connectivity index is 0.000000457. The van der Waals surface area contributed by atoms with E-state index >= 15 is 0 Å². The molecule has 0 saturated heterocycles. The third-order valence-electron chi connectivity index (χ3n) is 11.8. The van der Waals surface area contributed by atoms with Crippen LogP contribution in [-0.2, 0) is 33.2 Å². The first kappa shape index (κ1) is 67.1. The number of imidazole rings is 3. The monoisotopic (exact) mass is 1060 g/mol. The Labute approximate surface area is 451 Å². The van der Waals surface area contributed by atoms with E-state index in [0.717, 1.165) is 34.2 Å². The van der Waals surface area contributed by atoms with Crippen LogP contribution in [-0.4, -0.2) is 62.0 Å². The number of nitro groups is 4. The maximum absolute atomic E-state index is 10.9. The molecule has 0 amide bonds. The van der Waals surface area contributed by atoms with Gasteiger partial charge in [0.05, 0.1) is 23.9 Å². The predicted octanol–water partition coefficient (Wildman–Crippen LogP) is 14.4. The van der Waals surface area contributed by atoms with Gasteiger partial charge in [-0.15, -0.1) is 0 Å². The zero-order valence-electron chi connectivity index (χ0n) is 51.1. The molecule has 0 saturated carbocycles. The van der Waals surface area contributed by atoms with Crippen LogP contribution in [0, 0.1) is 110 Å². The molecule has 21 heteroatoms. The van der Waals surface area contributed by atoms with Gasteiger partial charge in [0.15, 0.2) is 5.82 Å². The van der Waals surface area contributed by atoms with Crippen molar-refractivity contribution in [3.63, 3.8) is 0 Å². The van der Waals surface area contributed by atoms with Crippen molar-refractivity contribution in [3.05, 3.63) is 140 Å². The second-order valence-corrected chi connectivity index (χ2v) is 25.0. The van der Waals surface area contributed by atoms with Crippen molar-refractivity contribution < 1.29 is 19.7 Å². The van der Waals surface area contributed by atoms with Gasteiger partial charge in [0.25, 0.3) is 0 Å². The first-order chi connectivity index (χ1) is 34.0. The molecule has 0 N–H and O–H groups in total. The Morgan fingerprint density at radius 1 is 0.421 bits per heavy atom. The van der Waals surface area contributed by atoms with Crippen molar-refractivity contribution in [1.29, 1.82) is 0 Å². The quantitative estimate of drug-likeness (QED) is 0.119. The van der Waals surface area contributed by atoms with Gasteiger partial charge in [0.1, 0.15) is 45.1 Å². The zero-order chi connectivity index (χ0) is 59.9. The Morgan fingerprint density at radius 2 is 0.868 bits per heavy atom. The summed E-state index contributed by atoms with van der Waals surface area (Å²) in [4.78, 5) is 54.5. The van der Waals surface area contributed by atoms with Crippen LogP contribution in [0.15, 0.2) is 43.0 Å². The van der Waals surface area contributed by atoms with E-state index in [1.54, 1.807) is 70.4 Å². The van der Waals surface area contributed by atoms with Crippen molar-refractivity contribution in [2.24, 2.45) is 0 Å². The highest BCUT2D eigenvalue weighted by Gasteiger charge is 2.32. The molecule has 0 atom stereocenters. The van der Waals surface area contributed by atoms with E-state index in [-0.39, 0.29) is 76.2 Å². The van der Waals surface area contributed by atoms with Crippen molar-refractivity contribution in [2.45, 2.75) is 227 Å². The largest absolute Gasteiger partial charge is 0.358 e. The predicted molar refractivity (Wildman–Crippen MR) is 304 cm³/mol. The van der Waals surface area contributed by atoms with Gasteiger partial charge in [-0.25, -0.2) is 33.2 Å². The standard InChI is InChI=1S/C10H16N2O2.C9H15N3O2.2C9H14N2O2.2C9H16N2/c1-7-6-8(2)11(10(3,4)5)9(7)12(13)14;1-6-8(12(13)14)11(7(2)10-6)9(3,4)5;1-7-5-6-10(9(2,3)4)8(7)11(12)13;1-7-5-6-8(11(12)13)10(7)9(2,3)4;1-7-8(2)11(6-10-7)9(3,4)5;1-7-6-11(8(2)10-7)9(3,4)5/h6H,1-5H3;1-5H3;2*5-6H,1-4H3;2*6H,1-5H3. The molecule has 0 radical (unpaired) electrons. The van der Waals surface area contributed by atoms with E-state index in [4.69, 9.17) is 0 Å². The molecule has 424 valence electrons. The lowest BCUT2D eigenvalue weighted by Crippen LogP contribution is -2.24. The molecular formula is C55H91N13O8. The fourth-order valence-electron chi connectivity index (χ4n) is 8.84. The van der Waals surface area contributed by atoms with Gasteiger partial charge in [0, 0.05) is 47.1 Å². The van der Waals surface area contributed by atoms with Gasteiger partial charge >= 0.3 is 23.3 Å². The highest BCUT2D eigenvalue weighted by molar-refractivity contribution is 5.39. The summed E-state index contributed by atoms with van der Waals surface area (Å²) in [6, 6.07) is 6.93. The maximum atomic E-state index is 10.9. The van der Waals surface area contributed by atoms with Crippen molar-refractivity contribution in [1.82, 2.24) is 42.4 Å². The summed E-state index contributed by atoms with van der Waals surface area (Å²) in [5, 5.41) is 43.1. The van der Waals surface area contributed by atoms with E-state index in [2.05, 4.69) is 78.7 Å². The van der Waals surface area contributed by atoms with Gasteiger partial charge in [0.2, 0.25) is 0 Å². The minimum absolute atomic E-state index is 0.0926. The molecule has 0 aliphatic heterocycles. The molecule has 0 fully saturated rings. The molecule has 76 heavy (non-hydrogen) atoms. The Morgan fingerprint density at radius 3 is 1.13 bits per heavy atom. The van der Waals surface area contributed by atoms with Gasteiger partial charge in [-0.2, -0.15) is 0 Å². The number of aromatic nitrogens is 9. The highest BCUT2D eigenvalue weighted by Crippen LogP contribution is 2.31. The van der Waals surface area contributed by atoms with Crippen molar-refractivity contribution in [3.8, 4) is 0 Å². The normalized spacial score (nSPS) is 11.8. The van der Waals surface area contributed by atoms with E-state index in [9.17, 15) is 40.5 Å². The molecule has 6 aromatic heterocycles.